The minimum Gasteiger partial charge on any atom is -0.347 e. The summed E-state index contributed by atoms with van der Waals surface area (Å²) in [4.78, 5) is 28.1. The summed E-state index contributed by atoms with van der Waals surface area (Å²) in [5.74, 6) is 0.801. The molecule has 0 spiro atoms. The fourth-order valence-electron chi connectivity index (χ4n) is 2.84. The van der Waals surface area contributed by atoms with Gasteiger partial charge in [0, 0.05) is 26.2 Å². The molecule has 2 aliphatic rings. The first-order valence-electron chi connectivity index (χ1n) is 7.01. The van der Waals surface area contributed by atoms with Crippen molar-refractivity contribution in [2.24, 2.45) is 11.8 Å². The Morgan fingerprint density at radius 3 is 2.70 bits per heavy atom. The summed E-state index contributed by atoms with van der Waals surface area (Å²) >= 11 is 0. The van der Waals surface area contributed by atoms with E-state index < -0.39 is 6.04 Å². The SMILES string of the molecule is C[C@@H]1C[C@H]1C(=O)N1Cc2ccnn2[C@H](C(=O)N(C)C)C1. The van der Waals surface area contributed by atoms with Gasteiger partial charge in [-0.2, -0.15) is 5.10 Å². The van der Waals surface area contributed by atoms with Gasteiger partial charge in [0.15, 0.2) is 0 Å². The van der Waals surface area contributed by atoms with Crippen LogP contribution in [0.25, 0.3) is 0 Å². The maximum atomic E-state index is 12.4. The van der Waals surface area contributed by atoms with Crippen molar-refractivity contribution < 1.29 is 9.59 Å². The van der Waals surface area contributed by atoms with Gasteiger partial charge in [0.1, 0.15) is 6.04 Å². The lowest BCUT2D eigenvalue weighted by atomic mass is 10.1. The van der Waals surface area contributed by atoms with Gasteiger partial charge in [-0.3, -0.25) is 14.3 Å². The topological polar surface area (TPSA) is 58.4 Å². The Balaban J connectivity index is 1.85. The molecule has 1 aromatic heterocycles. The Bertz CT molecular complexity index is 551. The number of rotatable bonds is 2. The number of hydrogen-bond donors (Lipinski definition) is 0. The average Bonchev–Trinajstić information content (AvgIpc) is 2.96. The van der Waals surface area contributed by atoms with Crippen molar-refractivity contribution >= 4 is 11.8 Å². The van der Waals surface area contributed by atoms with E-state index in [0.29, 0.717) is 19.0 Å². The molecule has 2 amide bonds. The Labute approximate surface area is 118 Å². The van der Waals surface area contributed by atoms with E-state index in [-0.39, 0.29) is 17.7 Å². The third kappa shape index (κ3) is 2.09. The van der Waals surface area contributed by atoms with Crippen LogP contribution in [0.3, 0.4) is 0 Å². The highest BCUT2D eigenvalue weighted by Crippen LogP contribution is 2.40. The van der Waals surface area contributed by atoms with E-state index in [1.54, 1.807) is 29.9 Å². The van der Waals surface area contributed by atoms with Gasteiger partial charge in [-0.15, -0.1) is 0 Å². The van der Waals surface area contributed by atoms with Gasteiger partial charge in [0.25, 0.3) is 0 Å². The number of nitrogens with zero attached hydrogens (tertiary/aromatic N) is 4. The van der Waals surface area contributed by atoms with Crippen molar-refractivity contribution in [3.63, 3.8) is 0 Å². The maximum absolute atomic E-state index is 12.4. The van der Waals surface area contributed by atoms with Crippen molar-refractivity contribution in [2.45, 2.75) is 25.9 Å². The maximum Gasteiger partial charge on any atom is 0.248 e. The summed E-state index contributed by atoms with van der Waals surface area (Å²) in [6.45, 7) is 3.08. The Hall–Kier alpha value is -1.85. The van der Waals surface area contributed by atoms with E-state index in [1.165, 1.54) is 0 Å². The number of amides is 2. The molecule has 0 bridgehead atoms. The molecule has 0 unspecified atom stereocenters. The number of carbonyl (C=O) groups is 2. The Kier molecular flexibility index (Phi) is 3.03. The molecule has 1 aromatic rings. The summed E-state index contributed by atoms with van der Waals surface area (Å²) < 4.78 is 1.75. The average molecular weight is 276 g/mol. The van der Waals surface area contributed by atoms with Crippen molar-refractivity contribution in [1.29, 1.82) is 0 Å². The van der Waals surface area contributed by atoms with E-state index >= 15 is 0 Å². The van der Waals surface area contributed by atoms with Gasteiger partial charge in [0.05, 0.1) is 18.8 Å². The molecule has 1 aliphatic heterocycles. The first kappa shape index (κ1) is 13.1. The number of hydrogen-bond acceptors (Lipinski definition) is 3. The number of aromatic nitrogens is 2. The summed E-state index contributed by atoms with van der Waals surface area (Å²) in [7, 11) is 3.46. The smallest absolute Gasteiger partial charge is 0.248 e. The molecule has 0 N–H and O–H groups in total. The van der Waals surface area contributed by atoms with Gasteiger partial charge in [-0.25, -0.2) is 0 Å². The lowest BCUT2D eigenvalue weighted by Gasteiger charge is -2.34. The van der Waals surface area contributed by atoms with Gasteiger partial charge in [-0.05, 0) is 18.4 Å². The van der Waals surface area contributed by atoms with Crippen LogP contribution in [0.1, 0.15) is 25.1 Å². The van der Waals surface area contributed by atoms with Crippen LogP contribution in [0, 0.1) is 11.8 Å². The minimum atomic E-state index is -0.401. The monoisotopic (exact) mass is 276 g/mol. The van der Waals surface area contributed by atoms with Crippen molar-refractivity contribution in [2.75, 3.05) is 20.6 Å². The standard InChI is InChI=1S/C14H20N4O2/c1-9-6-11(9)13(19)17-7-10-4-5-15-18(10)12(8-17)14(20)16(2)3/h4-5,9,11-12H,6-8H2,1-3H3/t9-,11-,12+/m1/s1. The van der Waals surface area contributed by atoms with Crippen molar-refractivity contribution in [1.82, 2.24) is 19.6 Å². The van der Waals surface area contributed by atoms with Gasteiger partial charge in [-0.1, -0.05) is 6.92 Å². The van der Waals surface area contributed by atoms with Crippen LogP contribution in [0.2, 0.25) is 0 Å². The second-order valence-electron chi connectivity index (χ2n) is 6.05. The molecule has 6 nitrogen and oxygen atoms in total. The van der Waals surface area contributed by atoms with Crippen LogP contribution in [0.15, 0.2) is 12.3 Å². The second-order valence-corrected chi connectivity index (χ2v) is 6.05. The number of carbonyl (C=O) groups excluding carboxylic acids is 2. The highest BCUT2D eigenvalue weighted by atomic mass is 16.2. The van der Waals surface area contributed by atoms with Crippen LogP contribution < -0.4 is 0 Å². The zero-order chi connectivity index (χ0) is 14.4. The number of fused-ring (bicyclic) bond motifs is 1. The molecule has 1 aliphatic carbocycles. The second kappa shape index (κ2) is 4.61. The predicted octanol–water partition coefficient (Wildman–Crippen LogP) is 0.511. The third-order valence-corrected chi connectivity index (χ3v) is 4.26. The third-order valence-electron chi connectivity index (χ3n) is 4.26. The summed E-state index contributed by atoms with van der Waals surface area (Å²) in [5.41, 5.74) is 0.929. The molecule has 3 atom stereocenters. The first-order valence-corrected chi connectivity index (χ1v) is 7.01. The summed E-state index contributed by atoms with van der Waals surface area (Å²) in [5, 5.41) is 4.24. The van der Waals surface area contributed by atoms with Crippen molar-refractivity contribution in [3.05, 3.63) is 18.0 Å². The highest BCUT2D eigenvalue weighted by molar-refractivity contribution is 5.84. The fraction of sp³-hybridized carbons (Fsp3) is 0.643. The molecule has 0 aromatic carbocycles. The van der Waals surface area contributed by atoms with Crippen LogP contribution >= 0.6 is 0 Å². The molecule has 0 saturated heterocycles. The molecule has 1 saturated carbocycles. The predicted molar refractivity (Wildman–Crippen MR) is 72.6 cm³/mol. The lowest BCUT2D eigenvalue weighted by molar-refractivity contribution is -0.139. The molecular formula is C14H20N4O2. The Morgan fingerprint density at radius 2 is 2.10 bits per heavy atom. The fourth-order valence-corrected chi connectivity index (χ4v) is 2.84. The molecule has 2 heterocycles. The van der Waals surface area contributed by atoms with E-state index in [1.807, 2.05) is 11.0 Å². The lowest BCUT2D eigenvalue weighted by Crippen LogP contribution is -2.47. The van der Waals surface area contributed by atoms with Crippen LogP contribution in [0.4, 0.5) is 0 Å². The zero-order valence-electron chi connectivity index (χ0n) is 12.1. The molecule has 3 rings (SSSR count). The van der Waals surface area contributed by atoms with E-state index in [0.717, 1.165) is 12.1 Å². The minimum absolute atomic E-state index is 0.0173. The molecule has 108 valence electrons. The largest absolute Gasteiger partial charge is 0.347 e. The molecule has 20 heavy (non-hydrogen) atoms. The first-order chi connectivity index (χ1) is 9.49. The van der Waals surface area contributed by atoms with Gasteiger partial charge >= 0.3 is 0 Å². The Morgan fingerprint density at radius 1 is 1.40 bits per heavy atom. The highest BCUT2D eigenvalue weighted by Gasteiger charge is 2.44. The van der Waals surface area contributed by atoms with E-state index in [4.69, 9.17) is 0 Å². The van der Waals surface area contributed by atoms with Crippen LogP contribution in [-0.2, 0) is 16.1 Å². The van der Waals surface area contributed by atoms with E-state index in [9.17, 15) is 9.59 Å². The zero-order valence-corrected chi connectivity index (χ0v) is 12.1. The normalized spacial score (nSPS) is 27.9. The molecular weight excluding hydrogens is 256 g/mol. The van der Waals surface area contributed by atoms with E-state index in [2.05, 4.69) is 12.0 Å². The van der Waals surface area contributed by atoms with Crippen molar-refractivity contribution in [3.8, 4) is 0 Å². The number of likely N-dealkylation sites (N-methyl/N-ethyl adjacent to an activating group) is 1. The molecule has 6 heteroatoms. The van der Waals surface area contributed by atoms with Gasteiger partial charge in [0.2, 0.25) is 11.8 Å². The quantitative estimate of drug-likeness (QED) is 0.791. The summed E-state index contributed by atoms with van der Waals surface area (Å²) in [6, 6.07) is 1.48. The molecule has 0 radical (unpaired) electrons. The summed E-state index contributed by atoms with van der Waals surface area (Å²) in [6.07, 6.45) is 2.67. The van der Waals surface area contributed by atoms with Crippen LogP contribution in [0.5, 0.6) is 0 Å². The molecule has 1 fully saturated rings. The van der Waals surface area contributed by atoms with Gasteiger partial charge < -0.3 is 9.80 Å². The van der Waals surface area contributed by atoms with Crippen LogP contribution in [-0.4, -0.2) is 52.0 Å².